The summed E-state index contributed by atoms with van der Waals surface area (Å²) in [5, 5.41) is 12.1. The Morgan fingerprint density at radius 3 is 2.75 bits per heavy atom. The van der Waals surface area contributed by atoms with Gasteiger partial charge in [-0.25, -0.2) is 4.79 Å². The number of carboxylic acid groups (broad SMARTS) is 1. The van der Waals surface area contributed by atoms with E-state index < -0.39 is 41.6 Å². The van der Waals surface area contributed by atoms with E-state index >= 15 is 0 Å². The van der Waals surface area contributed by atoms with E-state index in [1.54, 1.807) is 24.3 Å². The first kappa shape index (κ1) is 16.0. The Bertz CT molecular complexity index is 914. The third-order valence-electron chi connectivity index (χ3n) is 4.37. The van der Waals surface area contributed by atoms with Crippen LogP contribution in [-0.2, 0) is 16.1 Å². The summed E-state index contributed by atoms with van der Waals surface area (Å²) in [5.74, 6) is -2.12. The second-order valence-electron chi connectivity index (χ2n) is 5.92. The highest BCUT2D eigenvalue weighted by Crippen LogP contribution is 2.25. The molecule has 1 aliphatic rings. The van der Waals surface area contributed by atoms with Crippen molar-refractivity contribution in [3.8, 4) is 0 Å². The molecule has 8 nitrogen and oxygen atoms in total. The lowest BCUT2D eigenvalue weighted by Crippen LogP contribution is -2.45. The summed E-state index contributed by atoms with van der Waals surface area (Å²) in [6.07, 6.45) is 1.81. The summed E-state index contributed by atoms with van der Waals surface area (Å²) in [4.78, 5) is 50.3. The third kappa shape index (κ3) is 2.94. The van der Waals surface area contributed by atoms with E-state index in [2.05, 4.69) is 10.3 Å². The second-order valence-corrected chi connectivity index (χ2v) is 5.92. The molecule has 3 rings (SSSR count). The predicted molar refractivity (Wildman–Crippen MR) is 85.7 cm³/mol. The Morgan fingerprint density at radius 2 is 2.00 bits per heavy atom. The summed E-state index contributed by atoms with van der Waals surface area (Å²) in [5.41, 5.74) is -0.813. The number of aromatic nitrogens is 2. The van der Waals surface area contributed by atoms with Crippen LogP contribution in [0.5, 0.6) is 0 Å². The molecule has 126 valence electrons. The van der Waals surface area contributed by atoms with Crippen LogP contribution < -0.4 is 16.6 Å². The van der Waals surface area contributed by atoms with Gasteiger partial charge < -0.3 is 15.4 Å². The highest BCUT2D eigenvalue weighted by molar-refractivity contribution is 5.80. The first-order valence-corrected chi connectivity index (χ1v) is 7.71. The number of nitrogens with zero attached hydrogens (tertiary/aromatic N) is 1. The zero-order valence-electron chi connectivity index (χ0n) is 12.8. The number of para-hydroxylation sites is 1. The van der Waals surface area contributed by atoms with E-state index in [0.29, 0.717) is 23.7 Å². The lowest BCUT2D eigenvalue weighted by molar-refractivity contribution is -0.142. The summed E-state index contributed by atoms with van der Waals surface area (Å²) in [7, 11) is 0. The van der Waals surface area contributed by atoms with Gasteiger partial charge in [-0.2, -0.15) is 0 Å². The molecule has 1 aliphatic carbocycles. The van der Waals surface area contributed by atoms with Crippen LogP contribution in [0.4, 0.5) is 0 Å². The quantitative estimate of drug-likeness (QED) is 0.731. The Labute approximate surface area is 136 Å². The Kier molecular flexibility index (Phi) is 4.20. The van der Waals surface area contributed by atoms with Crippen molar-refractivity contribution in [2.75, 3.05) is 0 Å². The summed E-state index contributed by atoms with van der Waals surface area (Å²) in [6, 6.07) is 6.08. The van der Waals surface area contributed by atoms with Crippen LogP contribution in [0.25, 0.3) is 10.9 Å². The monoisotopic (exact) mass is 331 g/mol. The molecule has 24 heavy (non-hydrogen) atoms. The number of benzene rings is 1. The lowest BCUT2D eigenvalue weighted by Gasteiger charge is -2.17. The number of carbonyl (C=O) groups is 2. The number of hydrogen-bond donors (Lipinski definition) is 3. The Hall–Kier alpha value is -2.90. The minimum absolute atomic E-state index is 0.314. The molecule has 1 heterocycles. The van der Waals surface area contributed by atoms with Crippen molar-refractivity contribution in [1.82, 2.24) is 14.9 Å². The Morgan fingerprint density at radius 1 is 1.25 bits per heavy atom. The molecule has 1 amide bonds. The minimum Gasteiger partial charge on any atom is -0.481 e. The molecule has 0 radical (unpaired) electrons. The smallest absolute Gasteiger partial charge is 0.329 e. The minimum atomic E-state index is -0.946. The lowest BCUT2D eigenvalue weighted by atomic mass is 10.0. The zero-order valence-corrected chi connectivity index (χ0v) is 12.8. The largest absolute Gasteiger partial charge is 0.481 e. The number of carboxylic acids is 1. The summed E-state index contributed by atoms with van der Waals surface area (Å²) >= 11 is 0. The van der Waals surface area contributed by atoms with Crippen LogP contribution in [0, 0.1) is 5.92 Å². The molecular weight excluding hydrogens is 314 g/mol. The van der Waals surface area contributed by atoms with Gasteiger partial charge >= 0.3 is 11.7 Å². The fourth-order valence-corrected chi connectivity index (χ4v) is 3.17. The number of rotatable bonds is 4. The van der Waals surface area contributed by atoms with Crippen molar-refractivity contribution in [2.24, 2.45) is 5.92 Å². The fraction of sp³-hybridized carbons (Fsp3) is 0.375. The normalized spacial score (nSPS) is 20.2. The molecule has 8 heteroatoms. The van der Waals surface area contributed by atoms with Crippen LogP contribution in [0.3, 0.4) is 0 Å². The number of hydrogen-bond acceptors (Lipinski definition) is 4. The van der Waals surface area contributed by atoms with E-state index in [9.17, 15) is 19.2 Å². The van der Waals surface area contributed by atoms with Gasteiger partial charge in [0.15, 0.2) is 0 Å². The SMILES string of the molecule is O=C(Cn1c(=O)[nH]c2ccccc2c1=O)N[C@H]1CCC[C@H]1C(=O)O. The number of amides is 1. The van der Waals surface area contributed by atoms with E-state index in [0.717, 1.165) is 11.0 Å². The Balaban J connectivity index is 1.82. The van der Waals surface area contributed by atoms with Crippen LogP contribution in [-0.4, -0.2) is 32.6 Å². The summed E-state index contributed by atoms with van der Waals surface area (Å²) < 4.78 is 0.822. The average Bonchev–Trinajstić information content (AvgIpc) is 2.99. The van der Waals surface area contributed by atoms with Gasteiger partial charge in [0.2, 0.25) is 5.91 Å². The number of nitrogens with one attached hydrogen (secondary N) is 2. The van der Waals surface area contributed by atoms with Crippen LogP contribution >= 0.6 is 0 Å². The van der Waals surface area contributed by atoms with E-state index in [1.807, 2.05) is 0 Å². The highest BCUT2D eigenvalue weighted by Gasteiger charge is 2.33. The first-order chi connectivity index (χ1) is 11.5. The van der Waals surface area contributed by atoms with Crippen molar-refractivity contribution in [2.45, 2.75) is 31.8 Å². The molecule has 1 aromatic heterocycles. The summed E-state index contributed by atoms with van der Waals surface area (Å²) in [6.45, 7) is -0.443. The van der Waals surface area contributed by atoms with Crippen molar-refractivity contribution in [3.05, 3.63) is 45.1 Å². The molecule has 1 fully saturated rings. The van der Waals surface area contributed by atoms with Crippen molar-refractivity contribution >= 4 is 22.8 Å². The van der Waals surface area contributed by atoms with Gasteiger partial charge in [0, 0.05) is 6.04 Å². The molecule has 0 aliphatic heterocycles. The van der Waals surface area contributed by atoms with Crippen molar-refractivity contribution in [3.63, 3.8) is 0 Å². The number of aromatic amines is 1. The van der Waals surface area contributed by atoms with Gasteiger partial charge in [-0.3, -0.25) is 19.0 Å². The van der Waals surface area contributed by atoms with Crippen LogP contribution in [0.1, 0.15) is 19.3 Å². The number of carbonyl (C=O) groups excluding carboxylic acids is 1. The highest BCUT2D eigenvalue weighted by atomic mass is 16.4. The second kappa shape index (κ2) is 6.31. The van der Waals surface area contributed by atoms with Crippen molar-refractivity contribution in [1.29, 1.82) is 0 Å². The number of H-pyrrole nitrogens is 1. The molecule has 2 aromatic rings. The molecule has 0 spiro atoms. The van der Waals surface area contributed by atoms with E-state index in [-0.39, 0.29) is 0 Å². The topological polar surface area (TPSA) is 121 Å². The molecule has 2 atom stereocenters. The molecule has 0 unspecified atom stereocenters. The van der Waals surface area contributed by atoms with Gasteiger partial charge in [0.25, 0.3) is 5.56 Å². The molecule has 1 aromatic carbocycles. The molecular formula is C16H17N3O5. The van der Waals surface area contributed by atoms with E-state index in [1.165, 1.54) is 0 Å². The predicted octanol–water partition coefficient (Wildman–Crippen LogP) is 0.0593. The number of aliphatic carboxylic acids is 1. The van der Waals surface area contributed by atoms with Gasteiger partial charge in [0.05, 0.1) is 16.8 Å². The average molecular weight is 331 g/mol. The van der Waals surface area contributed by atoms with E-state index in [4.69, 9.17) is 5.11 Å². The third-order valence-corrected chi connectivity index (χ3v) is 4.37. The van der Waals surface area contributed by atoms with Gasteiger partial charge in [-0.05, 0) is 25.0 Å². The van der Waals surface area contributed by atoms with Crippen LogP contribution in [0.2, 0.25) is 0 Å². The zero-order chi connectivity index (χ0) is 17.3. The van der Waals surface area contributed by atoms with Gasteiger partial charge in [-0.15, -0.1) is 0 Å². The van der Waals surface area contributed by atoms with Crippen molar-refractivity contribution < 1.29 is 14.7 Å². The first-order valence-electron chi connectivity index (χ1n) is 7.71. The molecule has 1 saturated carbocycles. The molecule has 0 saturated heterocycles. The van der Waals surface area contributed by atoms with Crippen LogP contribution in [0.15, 0.2) is 33.9 Å². The van der Waals surface area contributed by atoms with Gasteiger partial charge in [0.1, 0.15) is 6.54 Å². The van der Waals surface area contributed by atoms with Gasteiger partial charge in [-0.1, -0.05) is 18.6 Å². The maximum Gasteiger partial charge on any atom is 0.329 e. The maximum atomic E-state index is 12.4. The number of fused-ring (bicyclic) bond motifs is 1. The fourth-order valence-electron chi connectivity index (χ4n) is 3.17. The molecule has 3 N–H and O–H groups in total. The standard InChI is InChI=1S/C16H17N3O5/c20-13(17-12-7-3-5-10(12)15(22)23)8-19-14(21)9-4-1-2-6-11(9)18-16(19)24/h1-2,4,6,10,12H,3,5,7-8H2,(H,17,20)(H,18,24)(H,22,23)/t10-,12+/m1/s1. The maximum absolute atomic E-state index is 12.4. The molecule has 0 bridgehead atoms.